The second-order valence-electron chi connectivity index (χ2n) is 3.83. The van der Waals surface area contributed by atoms with Crippen LogP contribution in [0.1, 0.15) is 0 Å². The van der Waals surface area contributed by atoms with Gasteiger partial charge < -0.3 is 20.4 Å². The SMILES string of the molecule is O=C(CN1CCNCC1)On1c(O)ccc1O. The first-order valence-corrected chi connectivity index (χ1v) is 5.41. The molecule has 1 aliphatic rings. The Labute approximate surface area is 98.2 Å². The fourth-order valence-corrected chi connectivity index (χ4v) is 1.68. The van der Waals surface area contributed by atoms with Gasteiger partial charge in [0.1, 0.15) is 0 Å². The minimum Gasteiger partial charge on any atom is -0.492 e. The highest BCUT2D eigenvalue weighted by atomic mass is 16.7. The van der Waals surface area contributed by atoms with Crippen LogP contribution in [0.5, 0.6) is 11.8 Å². The molecule has 0 spiro atoms. The number of hydrogen-bond acceptors (Lipinski definition) is 6. The van der Waals surface area contributed by atoms with Crippen LogP contribution in [0.15, 0.2) is 12.1 Å². The van der Waals surface area contributed by atoms with E-state index in [0.29, 0.717) is 4.73 Å². The monoisotopic (exact) mass is 241 g/mol. The summed E-state index contributed by atoms with van der Waals surface area (Å²) < 4.78 is 0.699. The van der Waals surface area contributed by atoms with Crippen molar-refractivity contribution in [2.75, 3.05) is 32.7 Å². The second-order valence-corrected chi connectivity index (χ2v) is 3.83. The summed E-state index contributed by atoms with van der Waals surface area (Å²) in [6, 6.07) is 2.49. The highest BCUT2D eigenvalue weighted by molar-refractivity contribution is 5.72. The van der Waals surface area contributed by atoms with Crippen molar-refractivity contribution in [2.24, 2.45) is 0 Å². The van der Waals surface area contributed by atoms with Gasteiger partial charge in [-0.15, -0.1) is 4.73 Å². The van der Waals surface area contributed by atoms with Crippen molar-refractivity contribution in [1.82, 2.24) is 14.9 Å². The highest BCUT2D eigenvalue weighted by Gasteiger charge is 2.17. The Morgan fingerprint density at radius 1 is 1.29 bits per heavy atom. The predicted octanol–water partition coefficient (Wildman–Crippen LogP) is -1.24. The molecule has 0 atom stereocenters. The van der Waals surface area contributed by atoms with E-state index in [4.69, 9.17) is 4.84 Å². The number of nitrogens with zero attached hydrogens (tertiary/aromatic N) is 2. The van der Waals surface area contributed by atoms with Gasteiger partial charge in [0.15, 0.2) is 0 Å². The van der Waals surface area contributed by atoms with Crippen molar-refractivity contribution in [3.8, 4) is 11.8 Å². The molecule has 0 unspecified atom stereocenters. The summed E-state index contributed by atoms with van der Waals surface area (Å²) in [5, 5.41) is 21.7. The Balaban J connectivity index is 1.88. The van der Waals surface area contributed by atoms with Crippen molar-refractivity contribution < 1.29 is 19.8 Å². The molecule has 17 heavy (non-hydrogen) atoms. The Morgan fingerprint density at radius 3 is 2.47 bits per heavy atom. The molecule has 0 radical (unpaired) electrons. The molecule has 2 rings (SSSR count). The zero-order valence-electron chi connectivity index (χ0n) is 9.30. The predicted molar refractivity (Wildman–Crippen MR) is 58.7 cm³/mol. The van der Waals surface area contributed by atoms with Crippen molar-refractivity contribution in [1.29, 1.82) is 0 Å². The quantitative estimate of drug-likeness (QED) is 0.613. The Morgan fingerprint density at radius 2 is 1.88 bits per heavy atom. The van der Waals surface area contributed by atoms with Crippen molar-refractivity contribution in [2.45, 2.75) is 0 Å². The third-order valence-corrected chi connectivity index (χ3v) is 2.55. The normalized spacial score (nSPS) is 16.9. The first kappa shape index (κ1) is 11.7. The largest absolute Gasteiger partial charge is 0.492 e. The minimum absolute atomic E-state index is 0.138. The molecule has 7 heteroatoms. The Bertz CT molecular complexity index is 379. The molecular weight excluding hydrogens is 226 g/mol. The number of rotatable bonds is 3. The van der Waals surface area contributed by atoms with Gasteiger partial charge in [-0.1, -0.05) is 0 Å². The Hall–Kier alpha value is -1.73. The van der Waals surface area contributed by atoms with Crippen LogP contribution < -0.4 is 10.2 Å². The summed E-state index contributed by atoms with van der Waals surface area (Å²) in [6.45, 7) is 3.37. The van der Waals surface area contributed by atoms with E-state index in [-0.39, 0.29) is 18.3 Å². The zero-order valence-corrected chi connectivity index (χ0v) is 9.30. The van der Waals surface area contributed by atoms with Gasteiger partial charge in [0.05, 0.1) is 6.54 Å². The average Bonchev–Trinajstić information content (AvgIpc) is 2.62. The van der Waals surface area contributed by atoms with E-state index in [0.717, 1.165) is 26.2 Å². The summed E-state index contributed by atoms with van der Waals surface area (Å²) in [5.41, 5.74) is 0. The first-order valence-electron chi connectivity index (χ1n) is 5.41. The summed E-state index contributed by atoms with van der Waals surface area (Å²) in [5.74, 6) is -1.14. The molecule has 0 aromatic carbocycles. The molecule has 0 bridgehead atoms. The number of hydrogen-bond donors (Lipinski definition) is 3. The first-order chi connectivity index (χ1) is 8.16. The average molecular weight is 241 g/mol. The van der Waals surface area contributed by atoms with Crippen molar-refractivity contribution >= 4 is 5.97 Å². The summed E-state index contributed by atoms with van der Waals surface area (Å²) in [4.78, 5) is 18.3. The molecule has 2 heterocycles. The maximum atomic E-state index is 11.6. The topological polar surface area (TPSA) is 87.0 Å². The molecule has 0 amide bonds. The highest BCUT2D eigenvalue weighted by Crippen LogP contribution is 2.18. The van der Waals surface area contributed by atoms with Gasteiger partial charge >= 0.3 is 5.97 Å². The lowest BCUT2D eigenvalue weighted by molar-refractivity contribution is -0.146. The fraction of sp³-hybridized carbons (Fsp3) is 0.500. The fourth-order valence-electron chi connectivity index (χ4n) is 1.68. The van der Waals surface area contributed by atoms with E-state index in [2.05, 4.69) is 5.32 Å². The molecule has 1 aliphatic heterocycles. The number of carbonyl (C=O) groups excluding carboxylic acids is 1. The molecule has 1 aromatic heterocycles. The van der Waals surface area contributed by atoms with Crippen LogP contribution in [0, 0.1) is 0 Å². The van der Waals surface area contributed by atoms with E-state index in [1.165, 1.54) is 12.1 Å². The third kappa shape index (κ3) is 2.89. The maximum absolute atomic E-state index is 11.6. The van der Waals surface area contributed by atoms with E-state index in [1.54, 1.807) is 0 Å². The molecule has 3 N–H and O–H groups in total. The molecule has 1 aromatic rings. The summed E-state index contributed by atoms with van der Waals surface area (Å²) in [6.07, 6.45) is 0. The standard InChI is InChI=1S/C10H15N3O4/c14-8-1-2-9(15)13(8)17-10(16)7-12-5-3-11-4-6-12/h1-2,11,14-15H,3-7H2. The molecular formula is C10H15N3O4. The van der Waals surface area contributed by atoms with Gasteiger partial charge in [0.2, 0.25) is 11.8 Å². The van der Waals surface area contributed by atoms with Gasteiger partial charge in [0.25, 0.3) is 0 Å². The molecule has 7 nitrogen and oxygen atoms in total. The lowest BCUT2D eigenvalue weighted by atomic mass is 10.3. The van der Waals surface area contributed by atoms with Gasteiger partial charge in [-0.25, -0.2) is 4.79 Å². The number of aromatic nitrogens is 1. The molecule has 1 saturated heterocycles. The maximum Gasteiger partial charge on any atom is 0.347 e. The zero-order chi connectivity index (χ0) is 12.3. The van der Waals surface area contributed by atoms with E-state index in [1.807, 2.05) is 4.90 Å². The van der Waals surface area contributed by atoms with E-state index >= 15 is 0 Å². The lowest BCUT2D eigenvalue weighted by Gasteiger charge is -2.25. The van der Waals surface area contributed by atoms with Crippen molar-refractivity contribution in [3.05, 3.63) is 12.1 Å². The molecule has 94 valence electrons. The smallest absolute Gasteiger partial charge is 0.347 e. The third-order valence-electron chi connectivity index (χ3n) is 2.55. The molecule has 0 aliphatic carbocycles. The van der Waals surface area contributed by atoms with E-state index < -0.39 is 5.97 Å². The van der Waals surface area contributed by atoms with Crippen LogP contribution in [0.25, 0.3) is 0 Å². The van der Waals surface area contributed by atoms with E-state index in [9.17, 15) is 15.0 Å². The summed E-state index contributed by atoms with van der Waals surface area (Å²) >= 11 is 0. The van der Waals surface area contributed by atoms with Crippen molar-refractivity contribution in [3.63, 3.8) is 0 Å². The minimum atomic E-state index is -0.520. The van der Waals surface area contributed by atoms with Crippen LogP contribution in [-0.4, -0.2) is 58.5 Å². The van der Waals surface area contributed by atoms with Crippen LogP contribution in [-0.2, 0) is 4.79 Å². The summed E-state index contributed by atoms with van der Waals surface area (Å²) in [7, 11) is 0. The molecule has 1 fully saturated rings. The second kappa shape index (κ2) is 5.07. The number of carbonyl (C=O) groups is 1. The van der Waals surface area contributed by atoms with Crippen LogP contribution in [0.3, 0.4) is 0 Å². The van der Waals surface area contributed by atoms with Crippen LogP contribution in [0.2, 0.25) is 0 Å². The Kier molecular flexibility index (Phi) is 3.50. The lowest BCUT2D eigenvalue weighted by Crippen LogP contribution is -2.46. The molecule has 0 saturated carbocycles. The van der Waals surface area contributed by atoms with Gasteiger partial charge in [-0.2, -0.15) is 0 Å². The number of piperazine rings is 1. The van der Waals surface area contributed by atoms with Gasteiger partial charge in [-0.05, 0) is 0 Å². The van der Waals surface area contributed by atoms with Crippen LogP contribution in [0.4, 0.5) is 0 Å². The van der Waals surface area contributed by atoms with Gasteiger partial charge in [-0.3, -0.25) is 4.90 Å². The van der Waals surface area contributed by atoms with Gasteiger partial charge in [0, 0.05) is 38.3 Å². The van der Waals surface area contributed by atoms with Crippen LogP contribution >= 0.6 is 0 Å². The number of aromatic hydroxyl groups is 2. The number of nitrogens with one attached hydrogen (secondary N) is 1.